The minimum absolute atomic E-state index is 0.635. The molecule has 9 saturated carbocycles. The Hall–Kier alpha value is 0. The van der Waals surface area contributed by atoms with Crippen molar-refractivity contribution in [2.45, 2.75) is 168 Å². The van der Waals surface area contributed by atoms with Crippen molar-refractivity contribution in [1.29, 1.82) is 0 Å². The van der Waals surface area contributed by atoms with Gasteiger partial charge < -0.3 is 0 Å². The molecular formula is C43H70. The van der Waals surface area contributed by atoms with Crippen LogP contribution < -0.4 is 0 Å². The molecule has 16 atom stereocenters. The maximum absolute atomic E-state index is 2.73. The molecule has 9 rings (SSSR count). The zero-order valence-corrected chi connectivity index (χ0v) is 28.7. The molecule has 0 N–H and O–H groups in total. The average Bonchev–Trinajstić information content (AvgIpc) is 3.29. The summed E-state index contributed by atoms with van der Waals surface area (Å²) in [5, 5.41) is 0. The van der Waals surface area contributed by atoms with Crippen LogP contribution in [0.3, 0.4) is 0 Å². The fourth-order valence-electron chi connectivity index (χ4n) is 17.0. The largest absolute Gasteiger partial charge is 0.0594 e. The summed E-state index contributed by atoms with van der Waals surface area (Å²) >= 11 is 0. The van der Waals surface area contributed by atoms with Gasteiger partial charge in [-0.25, -0.2) is 0 Å². The third-order valence-corrected chi connectivity index (χ3v) is 18.6. The van der Waals surface area contributed by atoms with Gasteiger partial charge in [-0.15, -0.1) is 0 Å². The molecule has 242 valence electrons. The fraction of sp³-hybridized carbons (Fsp3) is 1.00. The minimum atomic E-state index is 0.635. The fourth-order valence-corrected chi connectivity index (χ4v) is 17.0. The monoisotopic (exact) mass is 587 g/mol. The Kier molecular flexibility index (Phi) is 7.87. The summed E-state index contributed by atoms with van der Waals surface area (Å²) in [5.74, 6) is 17.9. The first-order chi connectivity index (χ1) is 21.1. The van der Waals surface area contributed by atoms with Crippen LogP contribution in [0.2, 0.25) is 0 Å². The Morgan fingerprint density at radius 1 is 0.302 bits per heavy atom. The highest BCUT2D eigenvalue weighted by atomic mass is 14.6. The summed E-state index contributed by atoms with van der Waals surface area (Å²) < 4.78 is 0. The molecule has 0 nitrogen and oxygen atoms in total. The maximum atomic E-state index is 2.73. The molecule has 0 aromatic carbocycles. The lowest BCUT2D eigenvalue weighted by atomic mass is 9.46. The molecule has 9 fully saturated rings. The smallest absolute Gasteiger partial charge is 0.0292 e. The van der Waals surface area contributed by atoms with E-state index in [2.05, 4.69) is 13.8 Å². The molecule has 9 aliphatic carbocycles. The van der Waals surface area contributed by atoms with E-state index < -0.39 is 0 Å². The predicted molar refractivity (Wildman–Crippen MR) is 180 cm³/mol. The molecule has 0 aliphatic heterocycles. The molecule has 0 heterocycles. The normalized spacial score (nSPS) is 56.0. The molecular weight excluding hydrogens is 516 g/mol. The molecule has 0 spiro atoms. The van der Waals surface area contributed by atoms with Gasteiger partial charge in [0, 0.05) is 0 Å². The van der Waals surface area contributed by atoms with Gasteiger partial charge in [-0.2, -0.15) is 0 Å². The molecule has 0 bridgehead atoms. The third-order valence-electron chi connectivity index (χ3n) is 18.6. The van der Waals surface area contributed by atoms with E-state index >= 15 is 0 Å². The van der Waals surface area contributed by atoms with E-state index in [1.54, 1.807) is 148 Å². The van der Waals surface area contributed by atoms with Gasteiger partial charge in [-0.05, 0) is 209 Å². The summed E-state index contributed by atoms with van der Waals surface area (Å²) in [6.45, 7) is 5.46. The van der Waals surface area contributed by atoms with E-state index in [1.807, 2.05) is 0 Å². The highest BCUT2D eigenvalue weighted by Crippen LogP contribution is 2.66. The summed E-state index contributed by atoms with van der Waals surface area (Å²) in [4.78, 5) is 0. The molecule has 0 aromatic heterocycles. The zero-order chi connectivity index (χ0) is 28.7. The molecule has 0 radical (unpaired) electrons. The highest BCUT2D eigenvalue weighted by molar-refractivity contribution is 5.07. The molecule has 0 aromatic rings. The van der Waals surface area contributed by atoms with E-state index in [1.165, 1.54) is 6.42 Å². The summed E-state index contributed by atoms with van der Waals surface area (Å²) in [6.07, 6.45) is 38.6. The van der Waals surface area contributed by atoms with Crippen LogP contribution in [-0.2, 0) is 0 Å². The second kappa shape index (κ2) is 11.6. The van der Waals surface area contributed by atoms with E-state index in [0.29, 0.717) is 5.41 Å². The van der Waals surface area contributed by atoms with Crippen LogP contribution in [0.25, 0.3) is 0 Å². The van der Waals surface area contributed by atoms with Crippen molar-refractivity contribution in [3.05, 3.63) is 0 Å². The number of rotatable bonds is 2. The second-order valence-corrected chi connectivity index (χ2v) is 20.0. The molecule has 0 heteroatoms. The first kappa shape index (κ1) is 29.2. The third kappa shape index (κ3) is 4.91. The Morgan fingerprint density at radius 2 is 0.814 bits per heavy atom. The van der Waals surface area contributed by atoms with Crippen LogP contribution in [0.1, 0.15) is 168 Å². The van der Waals surface area contributed by atoms with Gasteiger partial charge in [0.1, 0.15) is 0 Å². The quantitative estimate of drug-likeness (QED) is 0.302. The van der Waals surface area contributed by atoms with Crippen molar-refractivity contribution >= 4 is 0 Å². The molecule has 9 aliphatic rings. The van der Waals surface area contributed by atoms with E-state index in [-0.39, 0.29) is 0 Å². The maximum Gasteiger partial charge on any atom is -0.0292 e. The number of fused-ring (bicyclic) bond motifs is 9. The Labute approximate surface area is 267 Å². The molecule has 0 saturated heterocycles. The second-order valence-electron chi connectivity index (χ2n) is 20.0. The van der Waals surface area contributed by atoms with Crippen LogP contribution in [0.4, 0.5) is 0 Å². The van der Waals surface area contributed by atoms with Crippen molar-refractivity contribution in [2.24, 2.45) is 100 Å². The summed E-state index contributed by atoms with van der Waals surface area (Å²) in [7, 11) is 0. The van der Waals surface area contributed by atoms with E-state index in [4.69, 9.17) is 0 Å². The van der Waals surface area contributed by atoms with Crippen LogP contribution in [0.5, 0.6) is 0 Å². The lowest BCUT2D eigenvalue weighted by Crippen LogP contribution is -2.51. The first-order valence-electron chi connectivity index (χ1n) is 21.1. The predicted octanol–water partition coefficient (Wildman–Crippen LogP) is 12.4. The molecule has 0 amide bonds. The van der Waals surface area contributed by atoms with Crippen molar-refractivity contribution in [2.75, 3.05) is 0 Å². The lowest BCUT2D eigenvalue weighted by molar-refractivity contribution is -0.0979. The highest BCUT2D eigenvalue weighted by Gasteiger charge is 2.58. The van der Waals surface area contributed by atoms with Crippen molar-refractivity contribution in [3.63, 3.8) is 0 Å². The van der Waals surface area contributed by atoms with Gasteiger partial charge in [0.2, 0.25) is 0 Å². The summed E-state index contributed by atoms with van der Waals surface area (Å²) in [6, 6.07) is 0. The number of hydrogen-bond acceptors (Lipinski definition) is 0. The summed E-state index contributed by atoms with van der Waals surface area (Å²) in [5.41, 5.74) is 0.635. The lowest BCUT2D eigenvalue weighted by Gasteiger charge is -2.59. The van der Waals surface area contributed by atoms with Gasteiger partial charge in [-0.1, -0.05) is 58.8 Å². The van der Waals surface area contributed by atoms with E-state index in [9.17, 15) is 0 Å². The van der Waals surface area contributed by atoms with Gasteiger partial charge in [0.15, 0.2) is 0 Å². The van der Waals surface area contributed by atoms with Crippen molar-refractivity contribution in [1.82, 2.24) is 0 Å². The van der Waals surface area contributed by atoms with Gasteiger partial charge in [0.05, 0.1) is 0 Å². The standard InChI is InChI=1S/C43H70/c1-43(2)40-14-8-7-12-36(40)37-22-21-31(26-41(37)43)29-16-17-30-24-32(19-18-28(30)23-29)39-25-33-20-15-27-9-3-4-10-34(27)42(33)38-13-6-5-11-35(38)39/h27-42H,3-26H2,1-2H3/t27?,28?,29?,30?,31?,32?,33?,34?,35?,36?,37-,38?,39?,40?,41?,42?/m1/s1. The van der Waals surface area contributed by atoms with Crippen molar-refractivity contribution < 1.29 is 0 Å². The topological polar surface area (TPSA) is 0 Å². The van der Waals surface area contributed by atoms with Crippen LogP contribution in [0.15, 0.2) is 0 Å². The Bertz CT molecular complexity index is 977. The SMILES string of the molecule is CC1(C)C2CCCCC2[C@H]2CCC(C3CCC4CC(C5CC6CCC7CCCCC7C6C6CCCCC56)CCC4C3)CC21. The van der Waals surface area contributed by atoms with Gasteiger partial charge in [0.25, 0.3) is 0 Å². The van der Waals surface area contributed by atoms with Gasteiger partial charge >= 0.3 is 0 Å². The van der Waals surface area contributed by atoms with Crippen LogP contribution in [-0.4, -0.2) is 0 Å². The Morgan fingerprint density at radius 3 is 1.60 bits per heavy atom. The average molecular weight is 587 g/mol. The first-order valence-corrected chi connectivity index (χ1v) is 21.1. The van der Waals surface area contributed by atoms with Crippen LogP contribution >= 0.6 is 0 Å². The Balaban J connectivity index is 0.848. The minimum Gasteiger partial charge on any atom is -0.0594 e. The van der Waals surface area contributed by atoms with Gasteiger partial charge in [-0.3, -0.25) is 0 Å². The van der Waals surface area contributed by atoms with Crippen molar-refractivity contribution in [3.8, 4) is 0 Å². The molecule has 43 heavy (non-hydrogen) atoms. The molecule has 15 unspecified atom stereocenters. The van der Waals surface area contributed by atoms with E-state index in [0.717, 1.165) is 94.7 Å². The number of hydrogen-bond donors (Lipinski definition) is 0. The zero-order valence-electron chi connectivity index (χ0n) is 28.7. The van der Waals surface area contributed by atoms with Crippen LogP contribution in [0, 0.1) is 100 Å².